The zero-order chi connectivity index (χ0) is 16.1. The van der Waals surface area contributed by atoms with Crippen molar-refractivity contribution < 1.29 is 9.53 Å². The summed E-state index contributed by atoms with van der Waals surface area (Å²) in [7, 11) is 0. The van der Waals surface area contributed by atoms with Crippen molar-refractivity contribution in [3.63, 3.8) is 0 Å². The molecule has 0 aromatic heterocycles. The van der Waals surface area contributed by atoms with Crippen LogP contribution in [-0.4, -0.2) is 5.97 Å². The van der Waals surface area contributed by atoms with Gasteiger partial charge in [0.2, 0.25) is 0 Å². The number of halogens is 3. The van der Waals surface area contributed by atoms with Crippen LogP contribution in [0, 0.1) is 0 Å². The highest BCUT2D eigenvalue weighted by atomic mass is 35.5. The minimum absolute atomic E-state index is 0.438. The van der Waals surface area contributed by atoms with E-state index in [4.69, 9.17) is 39.5 Å². The lowest BCUT2D eigenvalue weighted by Crippen LogP contribution is -2.06. The van der Waals surface area contributed by atoms with E-state index in [1.165, 1.54) is 6.08 Å². The number of ether oxygens (including phenoxy) is 1. The van der Waals surface area contributed by atoms with Crippen molar-refractivity contribution in [1.29, 1.82) is 0 Å². The molecule has 0 saturated carbocycles. The summed E-state index contributed by atoms with van der Waals surface area (Å²) in [5.74, 6) is -0.474. The van der Waals surface area contributed by atoms with Crippen molar-refractivity contribution in [2.75, 3.05) is 0 Å². The SMILES string of the molecule is C[C@H](OC(=O)/C=C/c1ccc(Cl)cc1Cl)c1ccccc1Cl. The van der Waals surface area contributed by atoms with E-state index in [0.29, 0.717) is 20.6 Å². The largest absolute Gasteiger partial charge is 0.455 e. The third-order valence-electron chi connectivity index (χ3n) is 3.00. The molecular weight excluding hydrogens is 343 g/mol. The fraction of sp³-hybridized carbons (Fsp3) is 0.118. The van der Waals surface area contributed by atoms with Gasteiger partial charge in [-0.3, -0.25) is 0 Å². The maximum absolute atomic E-state index is 11.9. The molecule has 0 heterocycles. The third kappa shape index (κ3) is 4.51. The highest BCUT2D eigenvalue weighted by molar-refractivity contribution is 6.35. The molecule has 2 aromatic rings. The summed E-state index contributed by atoms with van der Waals surface area (Å²) in [5.41, 5.74) is 1.45. The van der Waals surface area contributed by atoms with Gasteiger partial charge in [0.25, 0.3) is 0 Å². The molecule has 0 unspecified atom stereocenters. The molecule has 5 heteroatoms. The number of hydrogen-bond acceptors (Lipinski definition) is 2. The minimum atomic E-state index is -0.474. The quantitative estimate of drug-likeness (QED) is 0.499. The van der Waals surface area contributed by atoms with Gasteiger partial charge in [-0.15, -0.1) is 0 Å². The molecular formula is C17H13Cl3O2. The topological polar surface area (TPSA) is 26.3 Å². The first kappa shape index (κ1) is 16.9. The Morgan fingerprint density at radius 2 is 1.82 bits per heavy atom. The number of hydrogen-bond donors (Lipinski definition) is 0. The van der Waals surface area contributed by atoms with Crippen LogP contribution in [0.15, 0.2) is 48.5 Å². The van der Waals surface area contributed by atoms with Gasteiger partial charge in [-0.25, -0.2) is 4.79 Å². The van der Waals surface area contributed by atoms with Gasteiger partial charge in [-0.2, -0.15) is 0 Å². The van der Waals surface area contributed by atoms with Gasteiger partial charge in [0.05, 0.1) is 0 Å². The van der Waals surface area contributed by atoms with Crippen LogP contribution in [-0.2, 0) is 9.53 Å². The molecule has 0 saturated heterocycles. The maximum atomic E-state index is 11.9. The molecule has 0 amide bonds. The van der Waals surface area contributed by atoms with Gasteiger partial charge in [0, 0.05) is 26.7 Å². The van der Waals surface area contributed by atoms with E-state index in [-0.39, 0.29) is 0 Å². The third-order valence-corrected chi connectivity index (χ3v) is 3.90. The lowest BCUT2D eigenvalue weighted by Gasteiger charge is -2.13. The highest BCUT2D eigenvalue weighted by Gasteiger charge is 2.12. The lowest BCUT2D eigenvalue weighted by molar-refractivity contribution is -0.142. The van der Waals surface area contributed by atoms with Gasteiger partial charge < -0.3 is 4.74 Å². The Labute approximate surface area is 144 Å². The van der Waals surface area contributed by atoms with Gasteiger partial charge >= 0.3 is 5.97 Å². The van der Waals surface area contributed by atoms with E-state index in [0.717, 1.165) is 5.56 Å². The molecule has 0 radical (unpaired) electrons. The van der Waals surface area contributed by atoms with Crippen molar-refractivity contribution in [2.45, 2.75) is 13.0 Å². The molecule has 2 aromatic carbocycles. The average molecular weight is 356 g/mol. The first-order valence-electron chi connectivity index (χ1n) is 6.55. The summed E-state index contributed by atoms with van der Waals surface area (Å²) >= 11 is 17.9. The maximum Gasteiger partial charge on any atom is 0.331 e. The molecule has 0 bridgehead atoms. The predicted octanol–water partition coefficient (Wildman–Crippen LogP) is 5.96. The van der Waals surface area contributed by atoms with Crippen molar-refractivity contribution in [2.24, 2.45) is 0 Å². The molecule has 2 nitrogen and oxygen atoms in total. The second-order valence-corrected chi connectivity index (χ2v) is 5.85. The average Bonchev–Trinajstić information content (AvgIpc) is 2.46. The Hall–Kier alpha value is -1.48. The van der Waals surface area contributed by atoms with Gasteiger partial charge in [-0.1, -0.05) is 59.1 Å². The van der Waals surface area contributed by atoms with Crippen LogP contribution in [0.4, 0.5) is 0 Å². The summed E-state index contributed by atoms with van der Waals surface area (Å²) < 4.78 is 5.32. The van der Waals surface area contributed by atoms with E-state index in [9.17, 15) is 4.79 Å². The van der Waals surface area contributed by atoms with Crippen LogP contribution in [0.2, 0.25) is 15.1 Å². The highest BCUT2D eigenvalue weighted by Crippen LogP contribution is 2.25. The van der Waals surface area contributed by atoms with Crippen LogP contribution >= 0.6 is 34.8 Å². The summed E-state index contributed by atoms with van der Waals surface area (Å²) in [6, 6.07) is 12.3. The Morgan fingerprint density at radius 3 is 2.50 bits per heavy atom. The Bertz CT molecular complexity index is 711. The number of carbonyl (C=O) groups is 1. The van der Waals surface area contributed by atoms with Gasteiger partial charge in [0.1, 0.15) is 6.10 Å². The molecule has 0 fully saturated rings. The van der Waals surface area contributed by atoms with E-state index in [1.807, 2.05) is 18.2 Å². The molecule has 0 spiro atoms. The standard InChI is InChI=1S/C17H13Cl3O2/c1-11(14-4-2-3-5-15(14)19)22-17(21)9-7-12-6-8-13(18)10-16(12)20/h2-11H,1H3/b9-7+/t11-/m0/s1. The van der Waals surface area contributed by atoms with Crippen LogP contribution in [0.1, 0.15) is 24.2 Å². The molecule has 1 atom stereocenters. The van der Waals surface area contributed by atoms with Gasteiger partial charge in [-0.05, 0) is 36.8 Å². The van der Waals surface area contributed by atoms with Crippen LogP contribution in [0.5, 0.6) is 0 Å². The first-order valence-corrected chi connectivity index (χ1v) is 7.69. The molecule has 22 heavy (non-hydrogen) atoms. The molecule has 0 aliphatic rings. The number of rotatable bonds is 4. The molecule has 0 aliphatic carbocycles. The van der Waals surface area contributed by atoms with Crippen LogP contribution in [0.25, 0.3) is 6.08 Å². The Morgan fingerprint density at radius 1 is 1.09 bits per heavy atom. The van der Waals surface area contributed by atoms with E-state index >= 15 is 0 Å². The second kappa shape index (κ2) is 7.68. The molecule has 2 rings (SSSR count). The lowest BCUT2D eigenvalue weighted by atomic mass is 10.1. The van der Waals surface area contributed by atoms with E-state index in [2.05, 4.69) is 0 Å². The first-order chi connectivity index (χ1) is 10.5. The fourth-order valence-electron chi connectivity index (χ4n) is 1.88. The summed E-state index contributed by atoms with van der Waals surface area (Å²) in [5, 5.41) is 1.57. The summed E-state index contributed by atoms with van der Waals surface area (Å²) in [6.45, 7) is 1.77. The van der Waals surface area contributed by atoms with Crippen molar-refractivity contribution in [1.82, 2.24) is 0 Å². The van der Waals surface area contributed by atoms with Crippen molar-refractivity contribution in [3.8, 4) is 0 Å². The Balaban J connectivity index is 2.03. The molecule has 0 N–H and O–H groups in total. The van der Waals surface area contributed by atoms with Gasteiger partial charge in [0.15, 0.2) is 0 Å². The number of carbonyl (C=O) groups excluding carboxylic acids is 1. The smallest absolute Gasteiger partial charge is 0.331 e. The van der Waals surface area contributed by atoms with Crippen molar-refractivity contribution in [3.05, 3.63) is 74.7 Å². The molecule has 0 aliphatic heterocycles. The van der Waals surface area contributed by atoms with Crippen molar-refractivity contribution >= 4 is 46.8 Å². The second-order valence-electron chi connectivity index (χ2n) is 4.60. The predicted molar refractivity (Wildman–Crippen MR) is 91.5 cm³/mol. The number of benzene rings is 2. The monoisotopic (exact) mass is 354 g/mol. The summed E-state index contributed by atoms with van der Waals surface area (Å²) in [6.07, 6.45) is 2.47. The van der Waals surface area contributed by atoms with E-state index < -0.39 is 12.1 Å². The zero-order valence-electron chi connectivity index (χ0n) is 11.7. The summed E-state index contributed by atoms with van der Waals surface area (Å²) in [4.78, 5) is 11.9. The van der Waals surface area contributed by atoms with Crippen LogP contribution < -0.4 is 0 Å². The zero-order valence-corrected chi connectivity index (χ0v) is 14.0. The normalized spacial score (nSPS) is 12.4. The molecule has 114 valence electrons. The fourth-order valence-corrected chi connectivity index (χ4v) is 2.64. The Kier molecular flexibility index (Phi) is 5.90. The minimum Gasteiger partial charge on any atom is -0.455 e. The van der Waals surface area contributed by atoms with E-state index in [1.54, 1.807) is 37.3 Å². The number of esters is 1. The van der Waals surface area contributed by atoms with Crippen LogP contribution in [0.3, 0.4) is 0 Å².